The Morgan fingerprint density at radius 2 is 1.79 bits per heavy atom. The SMILES string of the molecule is CCCCOc1cccc(NCC(=O)Nc2cc(C)cc(C)c2)c1. The van der Waals surface area contributed by atoms with Crippen molar-refractivity contribution >= 4 is 17.3 Å². The molecular formula is C20H26N2O2. The zero-order chi connectivity index (χ0) is 17.4. The molecule has 0 unspecified atom stereocenters. The lowest BCUT2D eigenvalue weighted by Crippen LogP contribution is -2.21. The van der Waals surface area contributed by atoms with Crippen LogP contribution in [-0.2, 0) is 4.79 Å². The van der Waals surface area contributed by atoms with Crippen molar-refractivity contribution in [2.24, 2.45) is 0 Å². The van der Waals surface area contributed by atoms with Crippen LogP contribution in [0.25, 0.3) is 0 Å². The molecule has 4 heteroatoms. The van der Waals surface area contributed by atoms with Gasteiger partial charge in [0.25, 0.3) is 0 Å². The predicted octanol–water partition coefficient (Wildman–Crippen LogP) is 4.53. The van der Waals surface area contributed by atoms with Gasteiger partial charge in [-0.2, -0.15) is 0 Å². The first kappa shape index (κ1) is 17.9. The van der Waals surface area contributed by atoms with Crippen LogP contribution < -0.4 is 15.4 Å². The van der Waals surface area contributed by atoms with Crippen LogP contribution in [0, 0.1) is 13.8 Å². The Kier molecular flexibility index (Phi) is 6.67. The average Bonchev–Trinajstić information content (AvgIpc) is 2.53. The number of benzene rings is 2. The number of hydrogen-bond acceptors (Lipinski definition) is 3. The lowest BCUT2D eigenvalue weighted by Gasteiger charge is -2.11. The van der Waals surface area contributed by atoms with Gasteiger partial charge in [0.1, 0.15) is 5.75 Å². The number of rotatable bonds is 8. The maximum atomic E-state index is 12.1. The van der Waals surface area contributed by atoms with Gasteiger partial charge in [0, 0.05) is 17.4 Å². The van der Waals surface area contributed by atoms with Crippen LogP contribution in [0.1, 0.15) is 30.9 Å². The molecule has 0 aromatic heterocycles. The molecule has 128 valence electrons. The second-order valence-corrected chi connectivity index (χ2v) is 6.01. The third kappa shape index (κ3) is 5.95. The van der Waals surface area contributed by atoms with E-state index in [0.717, 1.165) is 41.1 Å². The van der Waals surface area contributed by atoms with Crippen molar-refractivity contribution in [3.63, 3.8) is 0 Å². The number of amides is 1. The van der Waals surface area contributed by atoms with Crippen LogP contribution in [0.3, 0.4) is 0 Å². The fraction of sp³-hybridized carbons (Fsp3) is 0.350. The predicted molar refractivity (Wildman–Crippen MR) is 99.9 cm³/mol. The van der Waals surface area contributed by atoms with Crippen molar-refractivity contribution in [3.05, 3.63) is 53.6 Å². The van der Waals surface area contributed by atoms with Gasteiger partial charge in [0.15, 0.2) is 0 Å². The van der Waals surface area contributed by atoms with E-state index >= 15 is 0 Å². The monoisotopic (exact) mass is 326 g/mol. The standard InChI is InChI=1S/C20H26N2O2/c1-4-5-9-24-19-8-6-7-17(13-19)21-14-20(23)22-18-11-15(2)10-16(3)12-18/h6-8,10-13,21H,4-5,9,14H2,1-3H3,(H,22,23). The summed E-state index contributed by atoms with van der Waals surface area (Å²) in [6, 6.07) is 13.7. The molecule has 1 amide bonds. The summed E-state index contributed by atoms with van der Waals surface area (Å²) in [6.45, 7) is 7.10. The van der Waals surface area contributed by atoms with E-state index in [1.807, 2.05) is 50.2 Å². The number of carbonyl (C=O) groups is 1. The largest absolute Gasteiger partial charge is 0.494 e. The molecule has 2 N–H and O–H groups in total. The second-order valence-electron chi connectivity index (χ2n) is 6.01. The minimum atomic E-state index is -0.0719. The second kappa shape index (κ2) is 8.96. The van der Waals surface area contributed by atoms with Gasteiger partial charge in [-0.05, 0) is 55.7 Å². The molecule has 0 heterocycles. The van der Waals surface area contributed by atoms with Crippen molar-refractivity contribution in [1.29, 1.82) is 0 Å². The molecule has 0 fully saturated rings. The Hall–Kier alpha value is -2.49. The number of unbranched alkanes of at least 4 members (excludes halogenated alkanes) is 1. The normalized spacial score (nSPS) is 10.3. The number of nitrogens with one attached hydrogen (secondary N) is 2. The summed E-state index contributed by atoms with van der Waals surface area (Å²) in [4.78, 5) is 12.1. The molecule has 24 heavy (non-hydrogen) atoms. The van der Waals surface area contributed by atoms with Crippen LogP contribution in [0.15, 0.2) is 42.5 Å². The Morgan fingerprint density at radius 1 is 1.04 bits per heavy atom. The van der Waals surface area contributed by atoms with Gasteiger partial charge in [-0.3, -0.25) is 4.79 Å². The van der Waals surface area contributed by atoms with E-state index < -0.39 is 0 Å². The maximum absolute atomic E-state index is 12.1. The average molecular weight is 326 g/mol. The lowest BCUT2D eigenvalue weighted by molar-refractivity contribution is -0.114. The Morgan fingerprint density at radius 3 is 2.50 bits per heavy atom. The quantitative estimate of drug-likeness (QED) is 0.701. The van der Waals surface area contributed by atoms with E-state index in [1.54, 1.807) is 0 Å². The van der Waals surface area contributed by atoms with Gasteiger partial charge in [0.05, 0.1) is 13.2 Å². The van der Waals surface area contributed by atoms with Gasteiger partial charge >= 0.3 is 0 Å². The molecule has 0 bridgehead atoms. The van der Waals surface area contributed by atoms with Gasteiger partial charge in [-0.15, -0.1) is 0 Å². The van der Waals surface area contributed by atoms with Crippen LogP contribution in [0.2, 0.25) is 0 Å². The number of aryl methyl sites for hydroxylation is 2. The van der Waals surface area contributed by atoms with Crippen molar-refractivity contribution in [1.82, 2.24) is 0 Å². The molecule has 2 aromatic rings. The van der Waals surface area contributed by atoms with E-state index in [1.165, 1.54) is 0 Å². The van der Waals surface area contributed by atoms with Crippen LogP contribution in [0.4, 0.5) is 11.4 Å². The minimum Gasteiger partial charge on any atom is -0.494 e. The lowest BCUT2D eigenvalue weighted by atomic mass is 10.1. The number of hydrogen-bond donors (Lipinski definition) is 2. The molecule has 0 radical (unpaired) electrons. The molecule has 0 saturated carbocycles. The van der Waals surface area contributed by atoms with Crippen LogP contribution >= 0.6 is 0 Å². The Bertz CT molecular complexity index is 663. The summed E-state index contributed by atoms with van der Waals surface area (Å²) in [5, 5.41) is 6.05. The molecular weight excluding hydrogens is 300 g/mol. The van der Waals surface area contributed by atoms with Crippen molar-refractivity contribution in [2.75, 3.05) is 23.8 Å². The van der Waals surface area contributed by atoms with E-state index in [9.17, 15) is 4.79 Å². The topological polar surface area (TPSA) is 50.4 Å². The molecule has 0 aliphatic carbocycles. The Balaban J connectivity index is 1.86. The third-order valence-corrected chi connectivity index (χ3v) is 3.56. The molecule has 4 nitrogen and oxygen atoms in total. The van der Waals surface area contributed by atoms with Crippen molar-refractivity contribution in [2.45, 2.75) is 33.6 Å². The van der Waals surface area contributed by atoms with Crippen LogP contribution in [0.5, 0.6) is 5.75 Å². The summed E-state index contributed by atoms with van der Waals surface area (Å²) < 4.78 is 5.68. The van der Waals surface area contributed by atoms with E-state index in [-0.39, 0.29) is 12.5 Å². The fourth-order valence-corrected chi connectivity index (χ4v) is 2.46. The molecule has 2 aromatic carbocycles. The van der Waals surface area contributed by atoms with Crippen molar-refractivity contribution in [3.8, 4) is 5.75 Å². The molecule has 2 rings (SSSR count). The third-order valence-electron chi connectivity index (χ3n) is 3.56. The highest BCUT2D eigenvalue weighted by atomic mass is 16.5. The van der Waals surface area contributed by atoms with Crippen LogP contribution in [-0.4, -0.2) is 19.1 Å². The van der Waals surface area contributed by atoms with Gasteiger partial charge in [0.2, 0.25) is 5.91 Å². The first-order valence-electron chi connectivity index (χ1n) is 8.41. The van der Waals surface area contributed by atoms with Crippen molar-refractivity contribution < 1.29 is 9.53 Å². The summed E-state index contributed by atoms with van der Waals surface area (Å²) in [7, 11) is 0. The minimum absolute atomic E-state index is 0.0719. The molecule has 0 aliphatic rings. The summed E-state index contributed by atoms with van der Waals surface area (Å²) in [5.74, 6) is 0.750. The van der Waals surface area contributed by atoms with E-state index in [0.29, 0.717) is 6.61 Å². The number of ether oxygens (including phenoxy) is 1. The summed E-state index contributed by atoms with van der Waals surface area (Å²) in [6.07, 6.45) is 2.15. The van der Waals surface area contributed by atoms with Gasteiger partial charge < -0.3 is 15.4 Å². The molecule has 0 aliphatic heterocycles. The highest BCUT2D eigenvalue weighted by Crippen LogP contribution is 2.18. The van der Waals surface area contributed by atoms with Gasteiger partial charge in [-0.25, -0.2) is 0 Å². The molecule has 0 spiro atoms. The maximum Gasteiger partial charge on any atom is 0.243 e. The first-order chi connectivity index (χ1) is 11.6. The zero-order valence-electron chi connectivity index (χ0n) is 14.7. The van der Waals surface area contributed by atoms with Gasteiger partial charge in [-0.1, -0.05) is 25.5 Å². The number of anilines is 2. The number of carbonyl (C=O) groups excluding carboxylic acids is 1. The van der Waals surface area contributed by atoms with E-state index in [4.69, 9.17) is 4.74 Å². The summed E-state index contributed by atoms with van der Waals surface area (Å²) >= 11 is 0. The van der Waals surface area contributed by atoms with E-state index in [2.05, 4.69) is 23.6 Å². The smallest absolute Gasteiger partial charge is 0.243 e. The fourth-order valence-electron chi connectivity index (χ4n) is 2.46. The highest BCUT2D eigenvalue weighted by molar-refractivity contribution is 5.93. The first-order valence-corrected chi connectivity index (χ1v) is 8.41. The Labute approximate surface area is 144 Å². The highest BCUT2D eigenvalue weighted by Gasteiger charge is 2.04. The summed E-state index contributed by atoms with van der Waals surface area (Å²) in [5.41, 5.74) is 3.97. The molecule has 0 atom stereocenters. The zero-order valence-corrected chi connectivity index (χ0v) is 14.7. The molecule has 0 saturated heterocycles.